The molecule has 0 N–H and O–H groups in total. The van der Waals surface area contributed by atoms with Gasteiger partial charge in [-0.15, -0.1) is 0 Å². The van der Waals surface area contributed by atoms with Crippen LogP contribution in [0.4, 0.5) is 0 Å². The Labute approximate surface area is 129 Å². The molecule has 0 aliphatic rings. The Balaban J connectivity index is -0.00000000321. The first-order valence-corrected chi connectivity index (χ1v) is 0.671. The Morgan fingerprint density at radius 2 is 0.667 bits per heavy atom. The smallest absolute Gasteiger partial charge is 0.512 e. The first-order chi connectivity index (χ1) is 3.00. The molecule has 0 aliphatic carbocycles. The van der Waals surface area contributed by atoms with Crippen LogP contribution in [0.2, 0.25) is 0 Å². The maximum atomic E-state index is 6.25. The van der Waals surface area contributed by atoms with Crippen molar-refractivity contribution in [3.8, 4) is 0 Å². The summed E-state index contributed by atoms with van der Waals surface area (Å²) in [5.41, 5.74) is 0. The molecule has 9 heavy (non-hydrogen) atoms. The molecule has 0 spiro atoms. The van der Waals surface area contributed by atoms with Gasteiger partial charge in [0, 0.05) is 73.8 Å². The average molecular weight is 511 g/mol. The SMILES string of the molecule is [Au+3].[Au].[C-]#N.[C-]#N.[C-]#N.[K]. The van der Waals surface area contributed by atoms with E-state index in [1.165, 1.54) is 0 Å². The van der Waals surface area contributed by atoms with Crippen LogP contribution in [0.1, 0.15) is 0 Å². The second-order valence-electron chi connectivity index (χ2n) is 0. The minimum absolute atomic E-state index is 0. The Hall–Kier alpha value is 1.59. The average Bonchev–Trinajstić information content (AvgIpc) is 1.81. The fourth-order valence-corrected chi connectivity index (χ4v) is 0. The second kappa shape index (κ2) is 281. The molecule has 6 heteroatoms. The van der Waals surface area contributed by atoms with Gasteiger partial charge in [0.05, 0.1) is 0 Å². The van der Waals surface area contributed by atoms with Crippen molar-refractivity contribution in [1.29, 1.82) is 15.8 Å². The molecule has 0 rings (SSSR count). The maximum absolute atomic E-state index is 6.25. The fourth-order valence-electron chi connectivity index (χ4n) is 0. The molecule has 0 fully saturated rings. The van der Waals surface area contributed by atoms with Crippen molar-refractivity contribution < 1.29 is 44.8 Å². The van der Waals surface area contributed by atoms with Crippen LogP contribution in [-0.2, 0) is 44.8 Å². The van der Waals surface area contributed by atoms with Crippen LogP contribution in [0.3, 0.4) is 0 Å². The van der Waals surface area contributed by atoms with Gasteiger partial charge < -0.3 is 35.5 Å². The molecule has 0 unspecified atom stereocenters. The number of nitrogens with zero attached hydrogens (tertiary/aromatic N) is 3. The molecule has 2 radical (unpaired) electrons. The zero-order chi connectivity index (χ0) is 6.00. The summed E-state index contributed by atoms with van der Waals surface area (Å²) in [6.45, 7) is 14.2. The van der Waals surface area contributed by atoms with Gasteiger partial charge in [-0.2, -0.15) is 0 Å². The fraction of sp³-hybridized carbons (Fsp3) is 0. The van der Waals surface area contributed by atoms with Gasteiger partial charge in [-0.25, -0.2) is 0 Å². The van der Waals surface area contributed by atoms with Gasteiger partial charge in [-0.1, -0.05) is 0 Å². The van der Waals surface area contributed by atoms with Crippen LogP contribution in [0.15, 0.2) is 0 Å². The van der Waals surface area contributed by atoms with Crippen molar-refractivity contribution >= 4 is 51.4 Å². The number of hydrogen-bond donors (Lipinski definition) is 0. The van der Waals surface area contributed by atoms with E-state index in [2.05, 4.69) is 0 Å². The molecule has 0 aliphatic heterocycles. The third-order valence-corrected chi connectivity index (χ3v) is 0. The first kappa shape index (κ1) is 46.2. The minimum Gasteiger partial charge on any atom is -0.512 e. The summed E-state index contributed by atoms with van der Waals surface area (Å²) in [6.07, 6.45) is 0. The molecule has 0 heterocycles. The zero-order valence-electron chi connectivity index (χ0n) is 4.44. The van der Waals surface area contributed by atoms with Crippen LogP contribution < -0.4 is 0 Å². The third-order valence-electron chi connectivity index (χ3n) is 0. The van der Waals surface area contributed by atoms with Gasteiger partial charge in [0.2, 0.25) is 0 Å². The van der Waals surface area contributed by atoms with E-state index in [1.54, 1.807) is 0 Å². The molecule has 0 amide bonds. The van der Waals surface area contributed by atoms with Crippen LogP contribution in [0.5, 0.6) is 0 Å². The van der Waals surface area contributed by atoms with Gasteiger partial charge in [0.25, 0.3) is 0 Å². The maximum Gasteiger partial charge on any atom is 3.00 e. The van der Waals surface area contributed by atoms with Crippen molar-refractivity contribution in [1.82, 2.24) is 0 Å². The molecule has 0 aromatic carbocycles. The van der Waals surface area contributed by atoms with Crippen LogP contribution in [0, 0.1) is 35.5 Å². The zero-order valence-corrected chi connectivity index (χ0v) is 11.9. The van der Waals surface area contributed by atoms with Gasteiger partial charge in [0.15, 0.2) is 0 Å². The Bertz CT molecular complexity index is 45.5. The van der Waals surface area contributed by atoms with E-state index in [-0.39, 0.29) is 96.1 Å². The van der Waals surface area contributed by atoms with Crippen LogP contribution in [0.25, 0.3) is 0 Å². The summed E-state index contributed by atoms with van der Waals surface area (Å²) < 4.78 is 0. The molecule has 0 atom stereocenters. The van der Waals surface area contributed by atoms with Crippen LogP contribution in [-0.4, -0.2) is 51.4 Å². The summed E-state index contributed by atoms with van der Waals surface area (Å²) in [5.74, 6) is 0. The summed E-state index contributed by atoms with van der Waals surface area (Å²) in [4.78, 5) is 0. The molecular weight excluding hydrogens is 511 g/mol. The Kier molecular flexibility index (Phi) is 1440. The summed E-state index contributed by atoms with van der Waals surface area (Å²) in [5, 5.41) is 18.8. The number of hydrogen-bond acceptors (Lipinski definition) is 3. The van der Waals surface area contributed by atoms with E-state index in [9.17, 15) is 0 Å². The van der Waals surface area contributed by atoms with E-state index in [4.69, 9.17) is 35.5 Å². The Morgan fingerprint density at radius 1 is 0.667 bits per heavy atom. The molecular formula is C3Au2KN3. The second-order valence-corrected chi connectivity index (χ2v) is 0. The third kappa shape index (κ3) is 219. The molecule has 0 saturated heterocycles. The van der Waals surface area contributed by atoms with Gasteiger partial charge >= 0.3 is 22.4 Å². The van der Waals surface area contributed by atoms with E-state index >= 15 is 0 Å². The summed E-state index contributed by atoms with van der Waals surface area (Å²) in [7, 11) is 0. The van der Waals surface area contributed by atoms with E-state index in [0.29, 0.717) is 0 Å². The monoisotopic (exact) mass is 511 g/mol. The molecule has 0 saturated carbocycles. The van der Waals surface area contributed by atoms with Crippen molar-refractivity contribution in [3.63, 3.8) is 0 Å². The molecule has 0 aromatic heterocycles. The number of rotatable bonds is 0. The summed E-state index contributed by atoms with van der Waals surface area (Å²) >= 11 is 0. The van der Waals surface area contributed by atoms with Crippen molar-refractivity contribution in [3.05, 3.63) is 19.7 Å². The van der Waals surface area contributed by atoms with Crippen molar-refractivity contribution in [2.24, 2.45) is 0 Å². The predicted octanol–water partition coefficient (Wildman–Crippen LogP) is -0.0967. The van der Waals surface area contributed by atoms with E-state index < -0.39 is 0 Å². The molecule has 50 valence electrons. The topological polar surface area (TPSA) is 71.4 Å². The van der Waals surface area contributed by atoms with Gasteiger partial charge in [-0.3, -0.25) is 0 Å². The Morgan fingerprint density at radius 3 is 0.667 bits per heavy atom. The molecule has 0 bridgehead atoms. The van der Waals surface area contributed by atoms with Crippen molar-refractivity contribution in [2.45, 2.75) is 0 Å². The summed E-state index contributed by atoms with van der Waals surface area (Å²) in [6, 6.07) is 0. The van der Waals surface area contributed by atoms with Crippen molar-refractivity contribution in [2.75, 3.05) is 0 Å². The van der Waals surface area contributed by atoms with Gasteiger partial charge in [0.1, 0.15) is 0 Å². The standard InChI is InChI=1S/3CN.2Au.K/c3*1-2;;;/q3*-1;;+3;. The quantitative estimate of drug-likeness (QED) is 0.337. The predicted molar refractivity (Wildman–Crippen MR) is 20.7 cm³/mol. The molecule has 3 nitrogen and oxygen atoms in total. The minimum atomic E-state index is 0. The normalized spacial score (nSPS) is 0.667. The molecule has 0 aromatic rings. The van der Waals surface area contributed by atoms with E-state index in [1.807, 2.05) is 0 Å². The van der Waals surface area contributed by atoms with Gasteiger partial charge in [-0.05, 0) is 0 Å². The van der Waals surface area contributed by atoms with Crippen LogP contribution >= 0.6 is 0 Å². The van der Waals surface area contributed by atoms with E-state index in [0.717, 1.165) is 0 Å². The largest absolute Gasteiger partial charge is 3.00 e. The first-order valence-electron chi connectivity index (χ1n) is 0.671.